The summed E-state index contributed by atoms with van der Waals surface area (Å²) in [5.41, 5.74) is 5.07. The maximum Gasteiger partial charge on any atom is 0.270 e. The van der Waals surface area contributed by atoms with Gasteiger partial charge in [-0.25, -0.2) is 0 Å². The van der Waals surface area contributed by atoms with Crippen molar-refractivity contribution in [1.29, 1.82) is 0 Å². The van der Waals surface area contributed by atoms with Crippen LogP contribution in [0.15, 0.2) is 34.5 Å². The van der Waals surface area contributed by atoms with E-state index in [2.05, 4.69) is 45.2 Å². The van der Waals surface area contributed by atoms with Gasteiger partial charge in [0.1, 0.15) is 11.5 Å². The summed E-state index contributed by atoms with van der Waals surface area (Å²) in [6.07, 6.45) is 4.31. The molecule has 0 aliphatic carbocycles. The Morgan fingerprint density at radius 2 is 1.92 bits per heavy atom. The number of anilines is 2. The van der Waals surface area contributed by atoms with Crippen molar-refractivity contribution in [1.82, 2.24) is 9.88 Å². The molecule has 136 valence electrons. The lowest BCUT2D eigenvalue weighted by Crippen LogP contribution is -2.28. The van der Waals surface area contributed by atoms with Crippen LogP contribution in [0, 0.1) is 6.92 Å². The van der Waals surface area contributed by atoms with Gasteiger partial charge in [-0.05, 0) is 68.0 Å². The molecule has 4 rings (SSSR count). The van der Waals surface area contributed by atoms with Crippen LogP contribution in [0.25, 0.3) is 0 Å². The molecule has 1 aromatic carbocycles. The predicted molar refractivity (Wildman–Crippen MR) is 103 cm³/mol. The summed E-state index contributed by atoms with van der Waals surface area (Å²) in [6, 6.07) is 8.27. The first-order valence-corrected chi connectivity index (χ1v) is 9.36. The highest BCUT2D eigenvalue weighted by atomic mass is 16.2. The third kappa shape index (κ3) is 3.00. The van der Waals surface area contributed by atoms with Gasteiger partial charge in [0.15, 0.2) is 0 Å². The molecule has 0 radical (unpaired) electrons. The molecule has 2 aliphatic rings. The number of aromatic amines is 1. The minimum atomic E-state index is 0.131. The van der Waals surface area contributed by atoms with Crippen molar-refractivity contribution >= 4 is 23.1 Å². The summed E-state index contributed by atoms with van der Waals surface area (Å²) in [4.78, 5) is 20.4. The van der Waals surface area contributed by atoms with E-state index in [0.29, 0.717) is 0 Å². The lowest BCUT2D eigenvalue weighted by atomic mass is 10.1. The third-order valence-corrected chi connectivity index (χ3v) is 5.30. The molecule has 1 aromatic heterocycles. The molecule has 1 amide bonds. The fraction of sp³-hybridized carbons (Fsp3) is 0.450. The van der Waals surface area contributed by atoms with Gasteiger partial charge < -0.3 is 14.8 Å². The molecular formula is C20H25N5O. The molecule has 2 aliphatic heterocycles. The van der Waals surface area contributed by atoms with Crippen LogP contribution in [-0.2, 0) is 6.42 Å². The second kappa shape index (κ2) is 6.94. The van der Waals surface area contributed by atoms with E-state index in [1.54, 1.807) is 7.05 Å². The van der Waals surface area contributed by atoms with Crippen LogP contribution in [0.1, 0.15) is 40.9 Å². The number of nitrogens with zero attached hydrogens (tertiary/aromatic N) is 4. The topological polar surface area (TPSA) is 64.1 Å². The molecule has 6 nitrogen and oxygen atoms in total. The van der Waals surface area contributed by atoms with E-state index in [4.69, 9.17) is 0 Å². The van der Waals surface area contributed by atoms with Crippen molar-refractivity contribution in [2.75, 3.05) is 31.6 Å². The van der Waals surface area contributed by atoms with Crippen LogP contribution in [0.4, 0.5) is 17.2 Å². The minimum absolute atomic E-state index is 0.131. The first-order valence-electron chi connectivity index (χ1n) is 9.36. The van der Waals surface area contributed by atoms with Gasteiger partial charge in [0, 0.05) is 32.4 Å². The number of likely N-dealkylation sites (tertiary alicyclic amines) is 1. The summed E-state index contributed by atoms with van der Waals surface area (Å²) >= 11 is 0. The molecule has 1 saturated heterocycles. The zero-order valence-corrected chi connectivity index (χ0v) is 15.5. The second-order valence-corrected chi connectivity index (χ2v) is 7.08. The van der Waals surface area contributed by atoms with Gasteiger partial charge in [-0.2, -0.15) is 10.2 Å². The fourth-order valence-electron chi connectivity index (χ4n) is 3.95. The first-order chi connectivity index (χ1) is 12.7. The average Bonchev–Trinajstić information content (AvgIpc) is 3.32. The number of hydrogen-bond acceptors (Lipinski definition) is 4. The van der Waals surface area contributed by atoms with Crippen LogP contribution in [-0.4, -0.2) is 42.5 Å². The Kier molecular flexibility index (Phi) is 4.49. The number of aromatic nitrogens is 1. The lowest BCUT2D eigenvalue weighted by molar-refractivity contribution is 0.0788. The Hall–Kier alpha value is -2.63. The second-order valence-electron chi connectivity index (χ2n) is 7.08. The van der Waals surface area contributed by atoms with Gasteiger partial charge >= 0.3 is 0 Å². The van der Waals surface area contributed by atoms with E-state index in [-0.39, 0.29) is 5.91 Å². The predicted octanol–water partition coefficient (Wildman–Crippen LogP) is 4.36. The number of carbonyl (C=O) groups is 1. The van der Waals surface area contributed by atoms with E-state index >= 15 is 0 Å². The zero-order chi connectivity index (χ0) is 18.1. The Morgan fingerprint density at radius 1 is 1.12 bits per heavy atom. The first kappa shape index (κ1) is 16.8. The number of azo groups is 1. The van der Waals surface area contributed by atoms with Gasteiger partial charge in [0.05, 0.1) is 5.69 Å². The monoisotopic (exact) mass is 351 g/mol. The molecule has 0 saturated carbocycles. The van der Waals surface area contributed by atoms with Crippen LogP contribution >= 0.6 is 0 Å². The number of benzene rings is 1. The van der Waals surface area contributed by atoms with Crippen LogP contribution in [0.5, 0.6) is 0 Å². The van der Waals surface area contributed by atoms with E-state index in [9.17, 15) is 4.79 Å². The Balaban J connectivity index is 1.65. The highest BCUT2D eigenvalue weighted by Gasteiger charge is 2.26. The van der Waals surface area contributed by atoms with Gasteiger partial charge in [-0.1, -0.05) is 0 Å². The summed E-state index contributed by atoms with van der Waals surface area (Å²) in [6.45, 7) is 4.74. The number of amides is 1. The maximum atomic E-state index is 12.7. The Labute approximate surface area is 153 Å². The number of nitrogens with one attached hydrogen (secondary N) is 1. The number of H-pyrrole nitrogens is 1. The van der Waals surface area contributed by atoms with Crippen LogP contribution in [0.3, 0.4) is 0 Å². The molecule has 0 bridgehead atoms. The molecule has 6 heteroatoms. The standard InChI is InChI=1S/C20H25N5O/c1-14-12-16(7-8-17(14)23-21-2)25-11-5-6-15-13-18(22-19(15)25)20(26)24-9-3-4-10-24/h7-8,12-13,22H,3-6,9-11H2,1-2H3. The zero-order valence-electron chi connectivity index (χ0n) is 15.5. The van der Waals surface area contributed by atoms with E-state index in [0.717, 1.165) is 73.8 Å². The largest absolute Gasteiger partial charge is 0.337 e. The van der Waals surface area contributed by atoms with E-state index in [1.165, 1.54) is 5.56 Å². The average molecular weight is 351 g/mol. The van der Waals surface area contributed by atoms with E-state index < -0.39 is 0 Å². The minimum Gasteiger partial charge on any atom is -0.337 e. The molecule has 1 N–H and O–H groups in total. The molecule has 2 aromatic rings. The molecule has 0 spiro atoms. The molecule has 1 fully saturated rings. The molecule has 26 heavy (non-hydrogen) atoms. The molecule has 3 heterocycles. The number of aryl methyl sites for hydroxylation is 2. The highest BCUT2D eigenvalue weighted by Crippen LogP contribution is 2.35. The number of fused-ring (bicyclic) bond motifs is 1. The highest BCUT2D eigenvalue weighted by molar-refractivity contribution is 5.94. The molecule has 0 atom stereocenters. The molecular weight excluding hydrogens is 326 g/mol. The quantitative estimate of drug-likeness (QED) is 0.835. The van der Waals surface area contributed by atoms with Gasteiger partial charge in [0.25, 0.3) is 5.91 Å². The number of rotatable bonds is 3. The van der Waals surface area contributed by atoms with Crippen molar-refractivity contribution in [3.05, 3.63) is 41.1 Å². The van der Waals surface area contributed by atoms with Gasteiger partial charge in [-0.15, -0.1) is 0 Å². The summed E-state index contributed by atoms with van der Waals surface area (Å²) in [5.74, 6) is 1.19. The van der Waals surface area contributed by atoms with Crippen molar-refractivity contribution in [3.8, 4) is 0 Å². The van der Waals surface area contributed by atoms with Crippen molar-refractivity contribution in [2.45, 2.75) is 32.6 Å². The summed E-state index contributed by atoms with van der Waals surface area (Å²) < 4.78 is 0. The SMILES string of the molecule is CN=Nc1ccc(N2CCCc3cc(C(=O)N4CCCC4)[nH]c32)cc1C. The number of hydrogen-bond donors (Lipinski definition) is 1. The summed E-state index contributed by atoms with van der Waals surface area (Å²) in [5, 5.41) is 8.03. The molecule has 0 unspecified atom stereocenters. The fourth-order valence-corrected chi connectivity index (χ4v) is 3.95. The summed E-state index contributed by atoms with van der Waals surface area (Å²) in [7, 11) is 1.68. The van der Waals surface area contributed by atoms with Crippen LogP contribution < -0.4 is 4.90 Å². The Bertz CT molecular complexity index is 848. The van der Waals surface area contributed by atoms with Crippen molar-refractivity contribution < 1.29 is 4.79 Å². The van der Waals surface area contributed by atoms with Crippen molar-refractivity contribution in [3.63, 3.8) is 0 Å². The smallest absolute Gasteiger partial charge is 0.270 e. The normalized spacial score (nSPS) is 17.2. The lowest BCUT2D eigenvalue weighted by Gasteiger charge is -2.29. The number of carbonyl (C=O) groups excluding carboxylic acids is 1. The van der Waals surface area contributed by atoms with E-state index in [1.807, 2.05) is 11.0 Å². The van der Waals surface area contributed by atoms with Crippen molar-refractivity contribution in [2.24, 2.45) is 10.2 Å². The van der Waals surface area contributed by atoms with Crippen LogP contribution in [0.2, 0.25) is 0 Å². The third-order valence-electron chi connectivity index (χ3n) is 5.30. The van der Waals surface area contributed by atoms with Gasteiger partial charge in [0.2, 0.25) is 0 Å². The van der Waals surface area contributed by atoms with Gasteiger partial charge in [-0.3, -0.25) is 4.79 Å². The Morgan fingerprint density at radius 3 is 2.65 bits per heavy atom. The maximum absolute atomic E-state index is 12.7.